The lowest BCUT2D eigenvalue weighted by Crippen LogP contribution is -2.05. The number of pyridine rings is 1. The monoisotopic (exact) mass is 255 g/mol. The van der Waals surface area contributed by atoms with Crippen molar-refractivity contribution in [2.24, 2.45) is 5.73 Å². The third kappa shape index (κ3) is 4.71. The Labute approximate surface area is 106 Å². The lowest BCUT2D eigenvalue weighted by atomic mass is 10.0. The Morgan fingerprint density at radius 2 is 2.00 bits per heavy atom. The lowest BCUT2D eigenvalue weighted by Gasteiger charge is -2.04. The molecule has 0 amide bonds. The van der Waals surface area contributed by atoms with Gasteiger partial charge in [0.1, 0.15) is 5.82 Å². The molecule has 0 aromatic carbocycles. The summed E-state index contributed by atoms with van der Waals surface area (Å²) in [5.41, 5.74) is 11.5. The Kier molecular flexibility index (Phi) is 5.94. The van der Waals surface area contributed by atoms with Crippen molar-refractivity contribution in [1.29, 1.82) is 0 Å². The fourth-order valence-corrected chi connectivity index (χ4v) is 1.75. The number of nitrogens with zero attached hydrogens (tertiary/aromatic N) is 1. The number of aromatic nitrogens is 1. The van der Waals surface area contributed by atoms with E-state index in [1.54, 1.807) is 6.07 Å². The first-order valence-corrected chi connectivity index (χ1v) is 6.17. The maximum Gasteiger partial charge on any atom is 0.166 e. The molecule has 0 aliphatic carbocycles. The highest BCUT2D eigenvalue weighted by Crippen LogP contribution is 2.17. The van der Waals surface area contributed by atoms with E-state index in [9.17, 15) is 4.79 Å². The summed E-state index contributed by atoms with van der Waals surface area (Å²) in [5, 5.41) is 0.436. The minimum absolute atomic E-state index is 0.00486. The molecule has 0 saturated carbocycles. The summed E-state index contributed by atoms with van der Waals surface area (Å²) in [6, 6.07) is 1.58. The van der Waals surface area contributed by atoms with Crippen molar-refractivity contribution in [3.63, 3.8) is 0 Å². The van der Waals surface area contributed by atoms with Crippen LogP contribution in [0.25, 0.3) is 0 Å². The number of anilines is 1. The van der Waals surface area contributed by atoms with Gasteiger partial charge in [-0.25, -0.2) is 4.98 Å². The molecule has 1 heterocycles. The molecular weight excluding hydrogens is 238 g/mol. The van der Waals surface area contributed by atoms with E-state index in [1.165, 1.54) is 6.20 Å². The standard InChI is InChI=1S/C12H18ClN3O/c13-9-7-10(12(15)16-8-9)11(17)5-3-1-2-4-6-14/h7-8H,1-6,14H2,(H2,15,16). The highest BCUT2D eigenvalue weighted by atomic mass is 35.5. The minimum Gasteiger partial charge on any atom is -0.383 e. The van der Waals surface area contributed by atoms with Crippen LogP contribution in [0.3, 0.4) is 0 Å². The summed E-state index contributed by atoms with van der Waals surface area (Å²) in [5.74, 6) is 0.256. The summed E-state index contributed by atoms with van der Waals surface area (Å²) in [7, 11) is 0. The summed E-state index contributed by atoms with van der Waals surface area (Å²) in [6.07, 6.45) is 5.86. The van der Waals surface area contributed by atoms with E-state index in [0.29, 0.717) is 23.6 Å². The van der Waals surface area contributed by atoms with Crippen LogP contribution >= 0.6 is 11.6 Å². The van der Waals surface area contributed by atoms with E-state index in [-0.39, 0.29) is 11.6 Å². The molecule has 5 heteroatoms. The predicted octanol–water partition coefficient (Wildman–Crippen LogP) is 2.41. The van der Waals surface area contributed by atoms with Gasteiger partial charge in [0.15, 0.2) is 5.78 Å². The van der Waals surface area contributed by atoms with Gasteiger partial charge >= 0.3 is 0 Å². The number of unbranched alkanes of at least 4 members (excludes halogenated alkanes) is 3. The number of Topliss-reactive ketones (excluding diaryl/α,β-unsaturated/α-hetero) is 1. The Morgan fingerprint density at radius 3 is 2.71 bits per heavy atom. The second-order valence-electron chi connectivity index (χ2n) is 3.96. The van der Waals surface area contributed by atoms with Crippen LogP contribution in [0, 0.1) is 0 Å². The van der Waals surface area contributed by atoms with Crippen LogP contribution in [-0.2, 0) is 0 Å². The van der Waals surface area contributed by atoms with Gasteiger partial charge in [0.05, 0.1) is 10.6 Å². The molecule has 17 heavy (non-hydrogen) atoms. The van der Waals surface area contributed by atoms with Gasteiger partial charge in [-0.15, -0.1) is 0 Å². The molecular formula is C12H18ClN3O. The summed E-state index contributed by atoms with van der Waals surface area (Å²) in [6.45, 7) is 0.707. The van der Waals surface area contributed by atoms with Gasteiger partial charge in [-0.05, 0) is 25.5 Å². The Balaban J connectivity index is 2.44. The SMILES string of the molecule is NCCCCCCC(=O)c1cc(Cl)cnc1N. The Bertz CT molecular complexity index is 382. The topological polar surface area (TPSA) is 82.0 Å². The molecule has 0 unspecified atom stereocenters. The lowest BCUT2D eigenvalue weighted by molar-refractivity contribution is 0.0979. The van der Waals surface area contributed by atoms with E-state index < -0.39 is 0 Å². The zero-order chi connectivity index (χ0) is 12.7. The van der Waals surface area contributed by atoms with Gasteiger partial charge in [-0.1, -0.05) is 24.4 Å². The third-order valence-electron chi connectivity index (χ3n) is 2.54. The van der Waals surface area contributed by atoms with Gasteiger partial charge < -0.3 is 11.5 Å². The van der Waals surface area contributed by atoms with Crippen LogP contribution in [0.15, 0.2) is 12.3 Å². The molecule has 0 spiro atoms. The number of carbonyl (C=O) groups is 1. The van der Waals surface area contributed by atoms with Crippen molar-refractivity contribution < 1.29 is 4.79 Å². The molecule has 0 saturated heterocycles. The number of ketones is 1. The van der Waals surface area contributed by atoms with Crippen molar-refractivity contribution in [2.45, 2.75) is 32.1 Å². The molecule has 1 aromatic rings. The molecule has 0 aliphatic heterocycles. The number of carbonyl (C=O) groups excluding carboxylic acids is 1. The smallest absolute Gasteiger partial charge is 0.166 e. The van der Waals surface area contributed by atoms with Crippen LogP contribution in [-0.4, -0.2) is 17.3 Å². The van der Waals surface area contributed by atoms with Crippen LogP contribution in [0.1, 0.15) is 42.5 Å². The molecule has 0 atom stereocenters. The number of hydrogen-bond acceptors (Lipinski definition) is 4. The zero-order valence-corrected chi connectivity index (χ0v) is 10.5. The van der Waals surface area contributed by atoms with Gasteiger partial charge in [-0.2, -0.15) is 0 Å². The Hall–Kier alpha value is -1.13. The second-order valence-corrected chi connectivity index (χ2v) is 4.40. The fraction of sp³-hybridized carbons (Fsp3) is 0.500. The average Bonchev–Trinajstić information content (AvgIpc) is 2.32. The molecule has 94 valence electrons. The summed E-state index contributed by atoms with van der Waals surface area (Å²) in [4.78, 5) is 15.7. The predicted molar refractivity (Wildman–Crippen MR) is 70.1 cm³/mol. The van der Waals surface area contributed by atoms with Crippen LogP contribution < -0.4 is 11.5 Å². The first kappa shape index (κ1) is 13.9. The molecule has 1 aromatic heterocycles. The van der Waals surface area contributed by atoms with E-state index in [4.69, 9.17) is 23.1 Å². The molecule has 4 N–H and O–H groups in total. The van der Waals surface area contributed by atoms with Crippen molar-refractivity contribution in [3.8, 4) is 0 Å². The maximum absolute atomic E-state index is 11.8. The molecule has 0 aliphatic rings. The van der Waals surface area contributed by atoms with Gasteiger partial charge in [0.2, 0.25) is 0 Å². The quantitative estimate of drug-likeness (QED) is 0.579. The van der Waals surface area contributed by atoms with E-state index >= 15 is 0 Å². The van der Waals surface area contributed by atoms with Crippen LogP contribution in [0.2, 0.25) is 5.02 Å². The number of rotatable bonds is 7. The van der Waals surface area contributed by atoms with Crippen molar-refractivity contribution in [1.82, 2.24) is 4.98 Å². The normalized spacial score (nSPS) is 10.5. The highest BCUT2D eigenvalue weighted by Gasteiger charge is 2.10. The number of nitrogen functional groups attached to an aromatic ring is 1. The maximum atomic E-state index is 11.8. The highest BCUT2D eigenvalue weighted by molar-refractivity contribution is 6.31. The number of halogens is 1. The van der Waals surface area contributed by atoms with E-state index in [2.05, 4.69) is 4.98 Å². The number of nitrogens with two attached hydrogens (primary N) is 2. The molecule has 0 radical (unpaired) electrons. The van der Waals surface area contributed by atoms with Crippen LogP contribution in [0.5, 0.6) is 0 Å². The van der Waals surface area contributed by atoms with Crippen molar-refractivity contribution >= 4 is 23.2 Å². The van der Waals surface area contributed by atoms with E-state index in [1.807, 2.05) is 0 Å². The third-order valence-corrected chi connectivity index (χ3v) is 2.75. The molecule has 0 bridgehead atoms. The van der Waals surface area contributed by atoms with Gasteiger partial charge in [0.25, 0.3) is 0 Å². The summed E-state index contributed by atoms with van der Waals surface area (Å²) < 4.78 is 0. The molecule has 4 nitrogen and oxygen atoms in total. The summed E-state index contributed by atoms with van der Waals surface area (Å²) >= 11 is 5.78. The zero-order valence-electron chi connectivity index (χ0n) is 9.79. The second kappa shape index (κ2) is 7.25. The van der Waals surface area contributed by atoms with Crippen molar-refractivity contribution in [3.05, 3.63) is 22.8 Å². The number of hydrogen-bond donors (Lipinski definition) is 2. The van der Waals surface area contributed by atoms with Crippen molar-refractivity contribution in [2.75, 3.05) is 12.3 Å². The first-order chi connectivity index (χ1) is 8.15. The molecule has 0 fully saturated rings. The fourth-order valence-electron chi connectivity index (χ4n) is 1.59. The van der Waals surface area contributed by atoms with Gasteiger partial charge in [0, 0.05) is 12.6 Å². The molecule has 1 rings (SSSR count). The van der Waals surface area contributed by atoms with Crippen LogP contribution in [0.4, 0.5) is 5.82 Å². The minimum atomic E-state index is 0.00486. The average molecular weight is 256 g/mol. The van der Waals surface area contributed by atoms with E-state index in [0.717, 1.165) is 25.7 Å². The van der Waals surface area contributed by atoms with Gasteiger partial charge in [-0.3, -0.25) is 4.79 Å². The first-order valence-electron chi connectivity index (χ1n) is 5.79. The Morgan fingerprint density at radius 1 is 1.29 bits per heavy atom. The largest absolute Gasteiger partial charge is 0.383 e.